The Balaban J connectivity index is 1.19. The number of benzene rings is 3. The van der Waals surface area contributed by atoms with Crippen molar-refractivity contribution in [3.8, 4) is 11.4 Å². The second-order valence-electron chi connectivity index (χ2n) is 10.3. The van der Waals surface area contributed by atoms with Crippen LogP contribution >= 0.6 is 0 Å². The third kappa shape index (κ3) is 5.58. The van der Waals surface area contributed by atoms with Crippen LogP contribution in [0.1, 0.15) is 46.3 Å². The highest BCUT2D eigenvalue weighted by Crippen LogP contribution is 2.27. The lowest BCUT2D eigenvalue weighted by molar-refractivity contribution is -0.125. The molecule has 1 aromatic heterocycles. The monoisotopic (exact) mass is 520 g/mol. The summed E-state index contributed by atoms with van der Waals surface area (Å²) in [6.45, 7) is 0.986. The average molecular weight is 521 g/mol. The van der Waals surface area contributed by atoms with Gasteiger partial charge in [-0.25, -0.2) is 4.68 Å². The van der Waals surface area contributed by atoms with E-state index in [0.717, 1.165) is 42.7 Å². The Morgan fingerprint density at radius 1 is 0.949 bits per heavy atom. The topological polar surface area (TPSA) is 76.5 Å². The Morgan fingerprint density at radius 3 is 2.38 bits per heavy atom. The van der Waals surface area contributed by atoms with Crippen molar-refractivity contribution in [1.29, 1.82) is 0 Å². The minimum atomic E-state index is -0.515. The van der Waals surface area contributed by atoms with Crippen LogP contribution in [0, 0.1) is 0 Å². The lowest BCUT2D eigenvalue weighted by atomic mass is 10.0. The normalized spacial score (nSPS) is 17.2. The fourth-order valence-corrected chi connectivity index (χ4v) is 5.55. The van der Waals surface area contributed by atoms with Gasteiger partial charge in [-0.3, -0.25) is 9.59 Å². The minimum absolute atomic E-state index is 0.0882. The molecule has 1 fully saturated rings. The number of aromatic nitrogens is 2. The Bertz CT molecular complexity index is 1410. The van der Waals surface area contributed by atoms with E-state index in [1.165, 1.54) is 11.1 Å². The van der Waals surface area contributed by atoms with E-state index in [1.807, 2.05) is 48.7 Å². The first-order valence-electron chi connectivity index (χ1n) is 13.7. The quantitative estimate of drug-likeness (QED) is 0.382. The highest BCUT2D eigenvalue weighted by molar-refractivity contribution is 5.97. The maximum atomic E-state index is 13.8. The molecule has 39 heavy (non-hydrogen) atoms. The molecule has 0 radical (unpaired) electrons. The van der Waals surface area contributed by atoms with Gasteiger partial charge in [0.05, 0.1) is 5.69 Å². The Labute approximate surface area is 228 Å². The van der Waals surface area contributed by atoms with Gasteiger partial charge in [0, 0.05) is 43.9 Å². The third-order valence-corrected chi connectivity index (χ3v) is 7.62. The number of rotatable bonds is 7. The van der Waals surface area contributed by atoms with E-state index in [9.17, 15) is 9.59 Å². The van der Waals surface area contributed by atoms with Crippen LogP contribution in [0.5, 0.6) is 5.75 Å². The van der Waals surface area contributed by atoms with Crippen LogP contribution in [0.15, 0.2) is 91.3 Å². The molecule has 1 aliphatic heterocycles. The van der Waals surface area contributed by atoms with Crippen molar-refractivity contribution < 1.29 is 14.3 Å². The predicted molar refractivity (Wildman–Crippen MR) is 149 cm³/mol. The molecule has 2 amide bonds. The van der Waals surface area contributed by atoms with Gasteiger partial charge in [-0.05, 0) is 78.4 Å². The van der Waals surface area contributed by atoms with Gasteiger partial charge in [-0.1, -0.05) is 36.4 Å². The number of hydrogen-bond acceptors (Lipinski definition) is 4. The summed E-state index contributed by atoms with van der Waals surface area (Å²) in [6, 6.07) is 25.1. The van der Waals surface area contributed by atoms with Crippen LogP contribution in [0.4, 0.5) is 0 Å². The second-order valence-corrected chi connectivity index (χ2v) is 10.3. The summed E-state index contributed by atoms with van der Waals surface area (Å²) in [6.07, 6.45) is 7.98. The third-order valence-electron chi connectivity index (χ3n) is 7.62. The first-order chi connectivity index (χ1) is 19.1. The summed E-state index contributed by atoms with van der Waals surface area (Å²) in [5.41, 5.74) is 5.08. The van der Waals surface area contributed by atoms with Gasteiger partial charge < -0.3 is 15.0 Å². The van der Waals surface area contributed by atoms with E-state index in [-0.39, 0.29) is 17.9 Å². The van der Waals surface area contributed by atoms with Gasteiger partial charge in [0.25, 0.3) is 5.91 Å². The van der Waals surface area contributed by atoms with Crippen LogP contribution in [-0.4, -0.2) is 45.2 Å². The molecule has 198 valence electrons. The number of fused-ring (bicyclic) bond motifs is 1. The van der Waals surface area contributed by atoms with Crippen molar-refractivity contribution in [2.45, 2.75) is 50.8 Å². The highest BCUT2D eigenvalue weighted by Gasteiger charge is 2.31. The smallest absolute Gasteiger partial charge is 0.254 e. The van der Waals surface area contributed by atoms with Crippen molar-refractivity contribution in [3.63, 3.8) is 0 Å². The van der Waals surface area contributed by atoms with Gasteiger partial charge >= 0.3 is 0 Å². The molecule has 0 spiro atoms. The molecule has 0 unspecified atom stereocenters. The maximum Gasteiger partial charge on any atom is 0.254 e. The van der Waals surface area contributed by atoms with Gasteiger partial charge in [-0.15, -0.1) is 0 Å². The van der Waals surface area contributed by atoms with Crippen molar-refractivity contribution in [1.82, 2.24) is 20.0 Å². The Hall–Kier alpha value is -4.39. The molecule has 7 heteroatoms. The van der Waals surface area contributed by atoms with E-state index in [2.05, 4.69) is 34.7 Å². The van der Waals surface area contributed by atoms with Gasteiger partial charge in [0.15, 0.2) is 0 Å². The fourth-order valence-electron chi connectivity index (χ4n) is 5.55. The van der Waals surface area contributed by atoms with Gasteiger partial charge in [-0.2, -0.15) is 5.10 Å². The number of carbonyl (C=O) groups is 2. The number of nitrogens with one attached hydrogen (secondary N) is 1. The predicted octanol–water partition coefficient (Wildman–Crippen LogP) is 4.73. The van der Waals surface area contributed by atoms with E-state index in [4.69, 9.17) is 4.74 Å². The summed E-state index contributed by atoms with van der Waals surface area (Å²) in [7, 11) is 0. The number of nitrogens with zero attached hydrogens (tertiary/aromatic N) is 3. The van der Waals surface area contributed by atoms with Crippen LogP contribution in [0.25, 0.3) is 5.69 Å². The van der Waals surface area contributed by atoms with Crippen molar-refractivity contribution in [2.24, 2.45) is 0 Å². The first-order valence-corrected chi connectivity index (χ1v) is 13.7. The van der Waals surface area contributed by atoms with E-state index >= 15 is 0 Å². The van der Waals surface area contributed by atoms with Crippen molar-refractivity contribution >= 4 is 11.8 Å². The van der Waals surface area contributed by atoms with E-state index in [0.29, 0.717) is 25.1 Å². The maximum absolute atomic E-state index is 13.8. The second kappa shape index (κ2) is 11.2. The summed E-state index contributed by atoms with van der Waals surface area (Å²) in [5.74, 6) is 0.568. The molecule has 2 heterocycles. The minimum Gasteiger partial charge on any atom is -0.490 e. The first kappa shape index (κ1) is 24.9. The van der Waals surface area contributed by atoms with E-state index in [1.54, 1.807) is 27.9 Å². The SMILES string of the molecule is O=C1NCCCC[C@@H]1N(Cc1ccc(OC2Cc3ccccc3C2)cc1)C(=O)c1ccc(-n2cccn2)cc1. The zero-order valence-electron chi connectivity index (χ0n) is 21.8. The number of ether oxygens (including phenoxy) is 1. The number of hydrogen-bond donors (Lipinski definition) is 1. The molecular weight excluding hydrogens is 488 g/mol. The Morgan fingerprint density at radius 2 is 1.69 bits per heavy atom. The van der Waals surface area contributed by atoms with Crippen LogP contribution in [0.2, 0.25) is 0 Å². The van der Waals surface area contributed by atoms with Gasteiger partial charge in [0.2, 0.25) is 5.91 Å². The summed E-state index contributed by atoms with van der Waals surface area (Å²) in [5, 5.41) is 7.24. The lowest BCUT2D eigenvalue weighted by Gasteiger charge is -2.30. The standard InChI is InChI=1S/C32H32N4O3/c37-31-30(8-3-4-17-33-31)35(32(38)24-11-13-27(14-12-24)36-19-5-18-34-36)22-23-9-15-28(16-10-23)39-29-20-25-6-1-2-7-26(25)21-29/h1-2,5-7,9-16,18-19,29-30H,3-4,8,17,20-22H2,(H,33,37)/t30-/m0/s1. The molecule has 0 saturated carbocycles. The molecule has 4 aromatic rings. The molecule has 1 aliphatic carbocycles. The average Bonchev–Trinajstić information content (AvgIpc) is 3.60. The molecule has 0 bridgehead atoms. The molecule has 1 atom stereocenters. The fraction of sp³-hybridized carbons (Fsp3) is 0.281. The number of amides is 2. The van der Waals surface area contributed by atoms with Crippen molar-refractivity contribution in [2.75, 3.05) is 6.54 Å². The zero-order valence-corrected chi connectivity index (χ0v) is 21.8. The molecule has 1 saturated heterocycles. The molecule has 6 rings (SSSR count). The summed E-state index contributed by atoms with van der Waals surface area (Å²) >= 11 is 0. The number of carbonyl (C=O) groups excluding carboxylic acids is 2. The summed E-state index contributed by atoms with van der Waals surface area (Å²) in [4.78, 5) is 28.5. The molecule has 2 aliphatic rings. The molecule has 1 N–H and O–H groups in total. The van der Waals surface area contributed by atoms with Crippen LogP contribution in [0.3, 0.4) is 0 Å². The summed E-state index contributed by atoms with van der Waals surface area (Å²) < 4.78 is 8.02. The van der Waals surface area contributed by atoms with E-state index < -0.39 is 6.04 Å². The molecule has 3 aromatic carbocycles. The lowest BCUT2D eigenvalue weighted by Crippen LogP contribution is -2.48. The van der Waals surface area contributed by atoms with Gasteiger partial charge in [0.1, 0.15) is 17.9 Å². The highest BCUT2D eigenvalue weighted by atomic mass is 16.5. The largest absolute Gasteiger partial charge is 0.490 e. The van der Waals surface area contributed by atoms with Crippen molar-refractivity contribution in [3.05, 3.63) is 114 Å². The molecular formula is C32H32N4O3. The molecule has 7 nitrogen and oxygen atoms in total. The van der Waals surface area contributed by atoms with Crippen LogP contribution in [-0.2, 0) is 24.2 Å². The zero-order chi connectivity index (χ0) is 26.6. The Kier molecular flexibility index (Phi) is 7.13. The van der Waals surface area contributed by atoms with Crippen LogP contribution < -0.4 is 10.1 Å².